The maximum Gasteiger partial charge on any atom is 0.311 e. The largest absolute Gasteiger partial charge is 0.469 e. The van der Waals surface area contributed by atoms with E-state index in [4.69, 9.17) is 0 Å². The average Bonchev–Trinajstić information content (AvgIpc) is 2.86. The molecule has 204 valence electrons. The Morgan fingerprint density at radius 1 is 0.706 bits per heavy atom. The fourth-order valence-electron chi connectivity index (χ4n) is 1.72. The third kappa shape index (κ3) is 19.4. The highest BCUT2D eigenvalue weighted by atomic mass is 16.5. The van der Waals surface area contributed by atoms with Crippen LogP contribution in [0.15, 0.2) is 0 Å². The summed E-state index contributed by atoms with van der Waals surface area (Å²) in [6.07, 6.45) is 3.47. The Morgan fingerprint density at radius 3 is 1.24 bits per heavy atom. The molecule has 34 heavy (non-hydrogen) atoms. The van der Waals surface area contributed by atoms with Crippen LogP contribution in [0.3, 0.4) is 0 Å². The molecule has 2 atom stereocenters. The summed E-state index contributed by atoms with van der Waals surface area (Å²) in [7, 11) is 6.16. The molecular formula is C26H54N2O6. The van der Waals surface area contributed by atoms with Crippen molar-refractivity contribution in [2.75, 3.05) is 28.3 Å². The zero-order chi connectivity index (χ0) is 28.1. The summed E-state index contributed by atoms with van der Waals surface area (Å²) in [4.78, 5) is 42.9. The molecule has 0 aliphatic heterocycles. The first-order valence-corrected chi connectivity index (χ1v) is 12.1. The molecule has 8 nitrogen and oxygen atoms in total. The van der Waals surface area contributed by atoms with Gasteiger partial charge in [-0.2, -0.15) is 0 Å². The van der Waals surface area contributed by atoms with Gasteiger partial charge in [-0.1, -0.05) is 55.4 Å². The van der Waals surface area contributed by atoms with E-state index in [2.05, 4.69) is 20.1 Å². The van der Waals surface area contributed by atoms with Crippen molar-refractivity contribution in [1.82, 2.24) is 10.6 Å². The first kappa shape index (κ1) is 39.1. The molecule has 0 aromatic carbocycles. The van der Waals surface area contributed by atoms with Crippen molar-refractivity contribution in [3.8, 4) is 0 Å². The van der Waals surface area contributed by atoms with Gasteiger partial charge in [0.2, 0.25) is 11.8 Å². The first-order valence-electron chi connectivity index (χ1n) is 12.1. The predicted octanol–water partition coefficient (Wildman–Crippen LogP) is 4.75. The lowest BCUT2D eigenvalue weighted by molar-refractivity contribution is -0.151. The number of amides is 2. The minimum absolute atomic E-state index is 0.0556. The van der Waals surface area contributed by atoms with Crippen molar-refractivity contribution in [2.24, 2.45) is 22.7 Å². The SMILES string of the molecule is CCC(C)(C)C(=O)NC.CCC(C)(C)C(=O)OC.CCC(C)C(=O)NC.CCC(C)C(=O)OC. The topological polar surface area (TPSA) is 111 Å². The predicted molar refractivity (Wildman–Crippen MR) is 139 cm³/mol. The van der Waals surface area contributed by atoms with Gasteiger partial charge in [0, 0.05) is 25.4 Å². The van der Waals surface area contributed by atoms with Crippen molar-refractivity contribution in [3.63, 3.8) is 0 Å². The van der Waals surface area contributed by atoms with E-state index in [0.29, 0.717) is 0 Å². The molecule has 0 radical (unpaired) electrons. The minimum Gasteiger partial charge on any atom is -0.469 e. The van der Waals surface area contributed by atoms with Crippen LogP contribution >= 0.6 is 0 Å². The second kappa shape index (κ2) is 21.4. The molecule has 0 saturated carbocycles. The smallest absolute Gasteiger partial charge is 0.311 e. The van der Waals surface area contributed by atoms with Crippen molar-refractivity contribution in [2.45, 2.75) is 94.9 Å². The maximum atomic E-state index is 11.0. The van der Waals surface area contributed by atoms with Crippen molar-refractivity contribution in [1.29, 1.82) is 0 Å². The van der Waals surface area contributed by atoms with E-state index < -0.39 is 0 Å². The lowest BCUT2D eigenvalue weighted by Gasteiger charge is -2.19. The minimum atomic E-state index is -0.311. The van der Waals surface area contributed by atoms with Crippen LogP contribution in [-0.4, -0.2) is 52.1 Å². The molecule has 0 aromatic rings. The van der Waals surface area contributed by atoms with E-state index >= 15 is 0 Å². The van der Waals surface area contributed by atoms with Crippen LogP contribution in [0, 0.1) is 22.7 Å². The normalized spacial score (nSPS) is 11.9. The standard InChI is InChI=1S/C7H15NO.C7H14O2.C6H13NO.C6H12O2/c1-5-7(2,3)6(9)8-4;1-5-7(2,3)6(8)9-4;1-4-5(2)6(8)7-3;1-4-5(2)6(7)8-3/h5H2,1-4H3,(H,8,9);5H2,1-4H3;5H,4H2,1-3H3,(H,7,8);5H,4H2,1-3H3. The van der Waals surface area contributed by atoms with E-state index in [-0.39, 0.29) is 46.4 Å². The first-order chi connectivity index (χ1) is 15.5. The van der Waals surface area contributed by atoms with Gasteiger partial charge in [-0.25, -0.2) is 0 Å². The number of esters is 2. The summed E-state index contributed by atoms with van der Waals surface area (Å²) in [5, 5.41) is 5.19. The van der Waals surface area contributed by atoms with E-state index in [1.807, 2.05) is 69.2 Å². The average molecular weight is 491 g/mol. The number of carbonyl (C=O) groups excluding carboxylic acids is 4. The number of nitrogens with one attached hydrogen (secondary N) is 2. The molecule has 0 fully saturated rings. The highest BCUT2D eigenvalue weighted by Crippen LogP contribution is 2.20. The number of rotatable bonds is 8. The van der Waals surface area contributed by atoms with E-state index in [9.17, 15) is 19.2 Å². The molecule has 2 amide bonds. The molecule has 2 N–H and O–H groups in total. The van der Waals surface area contributed by atoms with E-state index in [0.717, 1.165) is 25.7 Å². The van der Waals surface area contributed by atoms with Crippen LogP contribution < -0.4 is 10.6 Å². The second-order valence-corrected chi connectivity index (χ2v) is 9.30. The zero-order valence-electron chi connectivity index (χ0n) is 24.4. The van der Waals surface area contributed by atoms with Gasteiger partial charge < -0.3 is 20.1 Å². The van der Waals surface area contributed by atoms with Crippen molar-refractivity contribution < 1.29 is 28.7 Å². The Bertz CT molecular complexity index is 524. The van der Waals surface area contributed by atoms with Crippen LogP contribution in [0.5, 0.6) is 0 Å². The fourth-order valence-corrected chi connectivity index (χ4v) is 1.72. The van der Waals surface area contributed by atoms with Gasteiger partial charge in [-0.15, -0.1) is 0 Å². The number of hydrogen-bond acceptors (Lipinski definition) is 6. The van der Waals surface area contributed by atoms with E-state index in [1.54, 1.807) is 14.1 Å². The van der Waals surface area contributed by atoms with Crippen LogP contribution in [0.4, 0.5) is 0 Å². The molecule has 0 rings (SSSR count). The summed E-state index contributed by atoms with van der Waals surface area (Å²) >= 11 is 0. The molecule has 0 spiro atoms. The Hall–Kier alpha value is -2.12. The summed E-state index contributed by atoms with van der Waals surface area (Å²) in [6, 6.07) is 0. The number of ether oxygens (including phenoxy) is 2. The summed E-state index contributed by atoms with van der Waals surface area (Å²) < 4.78 is 9.03. The fraction of sp³-hybridized carbons (Fsp3) is 0.846. The number of methoxy groups -OCH3 is 2. The van der Waals surface area contributed by atoms with Crippen LogP contribution in [-0.2, 0) is 28.7 Å². The Kier molecular flexibility index (Phi) is 24.6. The second-order valence-electron chi connectivity index (χ2n) is 9.30. The third-order valence-corrected chi connectivity index (χ3v) is 5.87. The molecule has 2 unspecified atom stereocenters. The van der Waals surface area contributed by atoms with Crippen LogP contribution in [0.25, 0.3) is 0 Å². The van der Waals surface area contributed by atoms with Gasteiger partial charge in [0.05, 0.1) is 25.6 Å². The number of hydrogen-bond donors (Lipinski definition) is 2. The van der Waals surface area contributed by atoms with Gasteiger partial charge in [0.1, 0.15) is 0 Å². The van der Waals surface area contributed by atoms with Crippen molar-refractivity contribution in [3.05, 3.63) is 0 Å². The lowest BCUT2D eigenvalue weighted by Crippen LogP contribution is -2.33. The quantitative estimate of drug-likeness (QED) is 0.475. The van der Waals surface area contributed by atoms with Gasteiger partial charge in [-0.3, -0.25) is 19.2 Å². The van der Waals surface area contributed by atoms with E-state index in [1.165, 1.54) is 14.2 Å². The van der Waals surface area contributed by atoms with Crippen LogP contribution in [0.1, 0.15) is 94.9 Å². The Morgan fingerprint density at radius 2 is 1.12 bits per heavy atom. The zero-order valence-corrected chi connectivity index (χ0v) is 24.4. The summed E-state index contributed by atoms with van der Waals surface area (Å²) in [5.74, 6) is 0.218. The van der Waals surface area contributed by atoms with Crippen LogP contribution in [0.2, 0.25) is 0 Å². The maximum absolute atomic E-state index is 11.0. The molecule has 0 aliphatic carbocycles. The highest BCUT2D eigenvalue weighted by Gasteiger charge is 2.25. The monoisotopic (exact) mass is 490 g/mol. The third-order valence-electron chi connectivity index (χ3n) is 5.87. The Labute approximate surface area is 209 Å². The summed E-state index contributed by atoms with van der Waals surface area (Å²) in [6.45, 7) is 19.3. The van der Waals surface area contributed by atoms with Gasteiger partial charge in [0.15, 0.2) is 0 Å². The number of carbonyl (C=O) groups is 4. The molecule has 0 aliphatic rings. The van der Waals surface area contributed by atoms with Gasteiger partial charge in [0.25, 0.3) is 0 Å². The van der Waals surface area contributed by atoms with Gasteiger partial charge in [-0.05, 0) is 39.5 Å². The molecule has 8 heteroatoms. The lowest BCUT2D eigenvalue weighted by atomic mass is 9.89. The van der Waals surface area contributed by atoms with Gasteiger partial charge >= 0.3 is 11.9 Å². The molecule has 0 aromatic heterocycles. The Balaban J connectivity index is -0.000000177. The molecule has 0 bridgehead atoms. The molecular weight excluding hydrogens is 436 g/mol. The molecule has 0 saturated heterocycles. The highest BCUT2D eigenvalue weighted by molar-refractivity contribution is 5.81. The molecule has 0 heterocycles. The van der Waals surface area contributed by atoms with Crippen molar-refractivity contribution >= 4 is 23.8 Å². The summed E-state index contributed by atoms with van der Waals surface area (Å²) in [5.41, 5.74) is -0.510.